The van der Waals surface area contributed by atoms with Gasteiger partial charge >= 0.3 is 0 Å². The first-order valence-electron chi connectivity index (χ1n) is 4.43. The molecule has 0 unspecified atom stereocenters. The summed E-state index contributed by atoms with van der Waals surface area (Å²) >= 11 is 0. The molecule has 1 aromatic heterocycles. The van der Waals surface area contributed by atoms with E-state index in [1.807, 2.05) is 0 Å². The van der Waals surface area contributed by atoms with E-state index in [4.69, 9.17) is 0 Å². The molecule has 2 heterocycles. The van der Waals surface area contributed by atoms with E-state index in [0.29, 0.717) is 6.04 Å². The fourth-order valence-electron chi connectivity index (χ4n) is 1.70. The second-order valence-electron chi connectivity index (χ2n) is 3.25. The Morgan fingerprint density at radius 1 is 1.50 bits per heavy atom. The topological polar surface area (TPSA) is 29.0 Å². The van der Waals surface area contributed by atoms with Crippen molar-refractivity contribution in [1.82, 2.24) is 15.2 Å². The Bertz CT molecular complexity index is 248. The third-order valence-corrected chi connectivity index (χ3v) is 2.38. The summed E-state index contributed by atoms with van der Waals surface area (Å²) in [6.45, 7) is 3.19. The quantitative estimate of drug-likeness (QED) is 0.625. The van der Waals surface area contributed by atoms with Crippen LogP contribution >= 0.6 is 0 Å². The van der Waals surface area contributed by atoms with E-state index in [0.717, 1.165) is 19.6 Å². The molecule has 0 saturated carbocycles. The minimum Gasteiger partial charge on any atom is -0.353 e. The van der Waals surface area contributed by atoms with Crippen LogP contribution in [0.4, 0.5) is 0 Å². The van der Waals surface area contributed by atoms with Crippen LogP contribution in [0.25, 0.3) is 0 Å². The fourth-order valence-corrected chi connectivity index (χ4v) is 1.70. The Kier molecular flexibility index (Phi) is 2.15. The van der Waals surface area contributed by atoms with Crippen LogP contribution in [0.3, 0.4) is 0 Å². The molecule has 1 saturated heterocycles. The molecular formula is C9H15N3. The molecule has 2 rings (SSSR count). The summed E-state index contributed by atoms with van der Waals surface area (Å²) in [7, 11) is 2.09. The summed E-state index contributed by atoms with van der Waals surface area (Å²) in [6.07, 6.45) is 2.09. The Balaban J connectivity index is 2.13. The molecule has 12 heavy (non-hydrogen) atoms. The van der Waals surface area contributed by atoms with Gasteiger partial charge in [-0.15, -0.1) is 0 Å². The molecule has 0 bridgehead atoms. The molecule has 1 aliphatic heterocycles. The van der Waals surface area contributed by atoms with Gasteiger partial charge in [0.1, 0.15) is 0 Å². The molecule has 0 aliphatic carbocycles. The zero-order chi connectivity index (χ0) is 8.39. The Morgan fingerprint density at radius 2 is 2.42 bits per heavy atom. The highest BCUT2D eigenvalue weighted by Crippen LogP contribution is 2.12. The number of rotatable bonds is 1. The summed E-state index contributed by atoms with van der Waals surface area (Å²) in [5.41, 5.74) is 1.36. The average Bonchev–Trinajstić information content (AvgIpc) is 2.53. The van der Waals surface area contributed by atoms with Crippen molar-refractivity contribution in [3.05, 3.63) is 24.0 Å². The molecule has 1 fully saturated rings. The maximum absolute atomic E-state index is 3.48. The number of aromatic nitrogens is 1. The molecule has 1 atom stereocenters. The van der Waals surface area contributed by atoms with Crippen LogP contribution in [-0.4, -0.2) is 24.2 Å². The Hall–Kier alpha value is -0.800. The molecule has 0 aromatic carbocycles. The first-order chi connectivity index (χ1) is 5.88. The van der Waals surface area contributed by atoms with Crippen molar-refractivity contribution < 1.29 is 0 Å². The van der Waals surface area contributed by atoms with Crippen molar-refractivity contribution in [2.24, 2.45) is 7.05 Å². The SMILES string of the molecule is Cn1cccc1[C@H]1CNCCN1. The van der Waals surface area contributed by atoms with Crippen LogP contribution in [0.15, 0.2) is 18.3 Å². The summed E-state index contributed by atoms with van der Waals surface area (Å²) in [5.74, 6) is 0. The summed E-state index contributed by atoms with van der Waals surface area (Å²) in [4.78, 5) is 0. The molecule has 1 aliphatic rings. The van der Waals surface area contributed by atoms with Crippen molar-refractivity contribution in [3.63, 3.8) is 0 Å². The minimum absolute atomic E-state index is 0.485. The Morgan fingerprint density at radius 3 is 3.00 bits per heavy atom. The highest BCUT2D eigenvalue weighted by molar-refractivity contribution is 5.12. The van der Waals surface area contributed by atoms with Gasteiger partial charge < -0.3 is 15.2 Å². The first-order valence-corrected chi connectivity index (χ1v) is 4.43. The molecule has 0 amide bonds. The van der Waals surface area contributed by atoms with Crippen LogP contribution in [0.2, 0.25) is 0 Å². The normalized spacial score (nSPS) is 24.2. The van der Waals surface area contributed by atoms with Crippen LogP contribution < -0.4 is 10.6 Å². The van der Waals surface area contributed by atoms with E-state index in [9.17, 15) is 0 Å². The van der Waals surface area contributed by atoms with Crippen molar-refractivity contribution in [2.45, 2.75) is 6.04 Å². The Labute approximate surface area is 72.8 Å². The lowest BCUT2D eigenvalue weighted by Crippen LogP contribution is -2.43. The van der Waals surface area contributed by atoms with Gasteiger partial charge in [0.15, 0.2) is 0 Å². The van der Waals surface area contributed by atoms with Gasteiger partial charge in [0.05, 0.1) is 6.04 Å². The summed E-state index contributed by atoms with van der Waals surface area (Å²) < 4.78 is 2.17. The summed E-state index contributed by atoms with van der Waals surface area (Å²) in [6, 6.07) is 4.75. The van der Waals surface area contributed by atoms with E-state index in [1.54, 1.807) is 0 Å². The average molecular weight is 165 g/mol. The lowest BCUT2D eigenvalue weighted by atomic mass is 10.2. The van der Waals surface area contributed by atoms with E-state index in [1.165, 1.54) is 5.69 Å². The molecule has 66 valence electrons. The number of hydrogen-bond acceptors (Lipinski definition) is 2. The van der Waals surface area contributed by atoms with Gasteiger partial charge in [-0.2, -0.15) is 0 Å². The molecule has 2 N–H and O–H groups in total. The van der Waals surface area contributed by atoms with Gasteiger partial charge in [0.25, 0.3) is 0 Å². The number of hydrogen-bond donors (Lipinski definition) is 2. The van der Waals surface area contributed by atoms with Gasteiger partial charge in [-0.25, -0.2) is 0 Å². The van der Waals surface area contributed by atoms with Crippen LogP contribution in [0.5, 0.6) is 0 Å². The minimum atomic E-state index is 0.485. The number of aryl methyl sites for hydroxylation is 1. The van der Waals surface area contributed by atoms with Gasteiger partial charge in [-0.1, -0.05) is 0 Å². The molecule has 1 aromatic rings. The molecule has 3 nitrogen and oxygen atoms in total. The largest absolute Gasteiger partial charge is 0.353 e. The van der Waals surface area contributed by atoms with Crippen molar-refractivity contribution in [1.29, 1.82) is 0 Å². The predicted octanol–water partition coefficient (Wildman–Crippen LogP) is 0.259. The number of nitrogens with one attached hydrogen (secondary N) is 2. The third kappa shape index (κ3) is 1.38. The van der Waals surface area contributed by atoms with Crippen molar-refractivity contribution in [3.8, 4) is 0 Å². The van der Waals surface area contributed by atoms with E-state index < -0.39 is 0 Å². The lowest BCUT2D eigenvalue weighted by molar-refractivity contribution is 0.416. The van der Waals surface area contributed by atoms with E-state index >= 15 is 0 Å². The highest BCUT2D eigenvalue weighted by atomic mass is 15.1. The van der Waals surface area contributed by atoms with Crippen molar-refractivity contribution >= 4 is 0 Å². The predicted molar refractivity (Wildman–Crippen MR) is 49.0 cm³/mol. The maximum Gasteiger partial charge on any atom is 0.0601 e. The van der Waals surface area contributed by atoms with Gasteiger partial charge in [-0.05, 0) is 12.1 Å². The molecule has 0 radical (unpaired) electrons. The van der Waals surface area contributed by atoms with E-state index in [-0.39, 0.29) is 0 Å². The van der Waals surface area contributed by atoms with Crippen LogP contribution in [-0.2, 0) is 7.05 Å². The van der Waals surface area contributed by atoms with Crippen LogP contribution in [0.1, 0.15) is 11.7 Å². The molecule has 3 heteroatoms. The monoisotopic (exact) mass is 165 g/mol. The van der Waals surface area contributed by atoms with Gasteiger partial charge in [0.2, 0.25) is 0 Å². The van der Waals surface area contributed by atoms with E-state index in [2.05, 4.69) is 40.6 Å². The van der Waals surface area contributed by atoms with Crippen LogP contribution in [0, 0.1) is 0 Å². The smallest absolute Gasteiger partial charge is 0.0601 e. The molecule has 0 spiro atoms. The zero-order valence-electron chi connectivity index (χ0n) is 7.38. The highest BCUT2D eigenvalue weighted by Gasteiger charge is 2.15. The second kappa shape index (κ2) is 3.29. The summed E-state index contributed by atoms with van der Waals surface area (Å²) in [5, 5.41) is 6.85. The lowest BCUT2D eigenvalue weighted by Gasteiger charge is -2.24. The van der Waals surface area contributed by atoms with Gasteiger partial charge in [0, 0.05) is 38.6 Å². The second-order valence-corrected chi connectivity index (χ2v) is 3.25. The molecular weight excluding hydrogens is 150 g/mol. The number of nitrogens with zero attached hydrogens (tertiary/aromatic N) is 1. The number of piperazine rings is 1. The standard InChI is InChI=1S/C9H15N3/c1-12-6-2-3-9(12)8-7-10-4-5-11-8/h2-3,6,8,10-11H,4-5,7H2,1H3/t8-/m1/s1. The zero-order valence-corrected chi connectivity index (χ0v) is 7.38. The van der Waals surface area contributed by atoms with Gasteiger partial charge in [-0.3, -0.25) is 0 Å². The third-order valence-electron chi connectivity index (χ3n) is 2.38. The fraction of sp³-hybridized carbons (Fsp3) is 0.556. The van der Waals surface area contributed by atoms with Crippen molar-refractivity contribution in [2.75, 3.05) is 19.6 Å². The maximum atomic E-state index is 3.48. The first kappa shape index (κ1) is 7.83.